The van der Waals surface area contributed by atoms with Crippen molar-refractivity contribution >= 4 is 33.3 Å². The van der Waals surface area contributed by atoms with Gasteiger partial charge in [-0.15, -0.1) is 0 Å². The Morgan fingerprint density at radius 1 is 1.55 bits per heavy atom. The minimum Gasteiger partial charge on any atom is -0.278 e. The Labute approximate surface area is 78.5 Å². The summed E-state index contributed by atoms with van der Waals surface area (Å²) < 4.78 is 0.910. The third-order valence-electron chi connectivity index (χ3n) is 1.32. The van der Waals surface area contributed by atoms with Gasteiger partial charge in [0.15, 0.2) is 0 Å². The van der Waals surface area contributed by atoms with Gasteiger partial charge in [-0.25, -0.2) is 0 Å². The van der Waals surface area contributed by atoms with E-state index in [1.165, 1.54) is 0 Å². The number of carbonyl (C=O) groups excluding carboxylic acids is 1. The maximum absolute atomic E-state index is 9.11. The average molecular weight is 234 g/mol. The number of rotatable bonds is 1. The Morgan fingerprint density at radius 3 is 2.64 bits per heavy atom. The Bertz CT molecular complexity index is 296. The molecule has 58 valence electrons. The molecule has 0 spiro atoms. The van der Waals surface area contributed by atoms with Gasteiger partial charge in [-0.05, 0) is 18.2 Å². The minimum atomic E-state index is 0.238. The molecular formula is C8H7BrClO+. The van der Waals surface area contributed by atoms with Crippen molar-refractivity contribution in [3.8, 4) is 0 Å². The molecule has 3 heteroatoms. The molecule has 0 heterocycles. The normalized spacial score (nSPS) is 9.73. The fraction of sp³-hybridized carbons (Fsp3) is 0.125. The van der Waals surface area contributed by atoms with Crippen LogP contribution >= 0.6 is 27.5 Å². The lowest BCUT2D eigenvalue weighted by Crippen LogP contribution is -1.93. The maximum Gasteiger partial charge on any atom is 0.322 e. The van der Waals surface area contributed by atoms with Gasteiger partial charge < -0.3 is 0 Å². The first kappa shape index (κ1) is 8.75. The first-order valence-electron chi connectivity index (χ1n) is 3.09. The summed E-state index contributed by atoms with van der Waals surface area (Å²) in [7, 11) is 0. The lowest BCUT2D eigenvalue weighted by atomic mass is 10.1. The van der Waals surface area contributed by atoms with Crippen LogP contribution < -0.4 is 0 Å². The van der Waals surface area contributed by atoms with Crippen LogP contribution in [0, 0.1) is 0 Å². The van der Waals surface area contributed by atoms with Gasteiger partial charge >= 0.3 is 5.78 Å². The first-order valence-corrected chi connectivity index (χ1v) is 4.26. The van der Waals surface area contributed by atoms with Crippen LogP contribution in [0.3, 0.4) is 0 Å². The molecule has 1 aromatic carbocycles. The van der Waals surface area contributed by atoms with Crippen LogP contribution in [0.1, 0.15) is 12.5 Å². The van der Waals surface area contributed by atoms with Crippen LogP contribution in [0.5, 0.6) is 0 Å². The SMILES string of the molecule is CC(=[OH+])c1ccc(Br)cc1Cl. The van der Waals surface area contributed by atoms with Crippen LogP contribution in [0.25, 0.3) is 0 Å². The van der Waals surface area contributed by atoms with Gasteiger partial charge in [0.1, 0.15) is 0 Å². The zero-order chi connectivity index (χ0) is 8.43. The largest absolute Gasteiger partial charge is 0.322 e. The van der Waals surface area contributed by atoms with E-state index in [2.05, 4.69) is 15.9 Å². The molecular weight excluding hydrogens is 227 g/mol. The highest BCUT2D eigenvalue weighted by molar-refractivity contribution is 9.10. The molecule has 0 atom stereocenters. The molecule has 0 aliphatic heterocycles. The topological polar surface area (TPSA) is 21.4 Å². The molecule has 0 unspecified atom stereocenters. The minimum absolute atomic E-state index is 0.238. The molecule has 0 saturated carbocycles. The zero-order valence-electron chi connectivity index (χ0n) is 5.94. The van der Waals surface area contributed by atoms with Crippen molar-refractivity contribution < 1.29 is 4.79 Å². The van der Waals surface area contributed by atoms with Crippen molar-refractivity contribution in [2.24, 2.45) is 0 Å². The number of hydrogen-bond acceptors (Lipinski definition) is 0. The van der Waals surface area contributed by atoms with E-state index in [0.717, 1.165) is 4.47 Å². The summed E-state index contributed by atoms with van der Waals surface area (Å²) in [6, 6.07) is 5.35. The van der Waals surface area contributed by atoms with Crippen LogP contribution in [-0.2, 0) is 0 Å². The zero-order valence-corrected chi connectivity index (χ0v) is 8.28. The number of ketones is 1. The molecule has 0 amide bonds. The molecule has 1 aromatic rings. The highest BCUT2D eigenvalue weighted by atomic mass is 79.9. The fourth-order valence-electron chi connectivity index (χ4n) is 0.783. The summed E-state index contributed by atoms with van der Waals surface area (Å²) in [4.78, 5) is 9.11. The molecule has 1 N–H and O–H groups in total. The average Bonchev–Trinajstić information content (AvgIpc) is 1.85. The van der Waals surface area contributed by atoms with Gasteiger partial charge in [0, 0.05) is 4.47 Å². The number of halogens is 2. The van der Waals surface area contributed by atoms with Gasteiger partial charge in [-0.3, -0.25) is 4.79 Å². The summed E-state index contributed by atoms with van der Waals surface area (Å²) in [6.45, 7) is 1.61. The Balaban J connectivity index is 3.20. The summed E-state index contributed by atoms with van der Waals surface area (Å²) in [6.07, 6.45) is 0. The van der Waals surface area contributed by atoms with Crippen molar-refractivity contribution in [3.63, 3.8) is 0 Å². The van der Waals surface area contributed by atoms with Gasteiger partial charge in [0.25, 0.3) is 0 Å². The highest BCUT2D eigenvalue weighted by Crippen LogP contribution is 2.21. The lowest BCUT2D eigenvalue weighted by molar-refractivity contribution is 0.675. The second kappa shape index (κ2) is 3.37. The molecule has 0 radical (unpaired) electrons. The van der Waals surface area contributed by atoms with E-state index in [9.17, 15) is 0 Å². The van der Waals surface area contributed by atoms with Gasteiger partial charge in [-0.1, -0.05) is 27.5 Å². The number of benzene rings is 1. The Morgan fingerprint density at radius 2 is 2.18 bits per heavy atom. The maximum atomic E-state index is 9.11. The monoisotopic (exact) mass is 233 g/mol. The van der Waals surface area contributed by atoms with Gasteiger partial charge in [0.2, 0.25) is 0 Å². The summed E-state index contributed by atoms with van der Waals surface area (Å²) in [5, 5.41) is 0.555. The predicted octanol–water partition coefficient (Wildman–Crippen LogP) is 3.02. The lowest BCUT2D eigenvalue weighted by Gasteiger charge is -1.95. The van der Waals surface area contributed by atoms with E-state index in [1.807, 2.05) is 6.07 Å². The summed E-state index contributed by atoms with van der Waals surface area (Å²) in [5.41, 5.74) is 0.676. The van der Waals surface area contributed by atoms with Gasteiger partial charge in [-0.2, -0.15) is 0 Å². The molecule has 0 aromatic heterocycles. The third-order valence-corrected chi connectivity index (χ3v) is 2.13. The quantitative estimate of drug-likeness (QED) is 0.526. The van der Waals surface area contributed by atoms with Gasteiger partial charge in [0.05, 0.1) is 17.5 Å². The van der Waals surface area contributed by atoms with Crippen molar-refractivity contribution in [2.45, 2.75) is 6.92 Å². The van der Waals surface area contributed by atoms with E-state index >= 15 is 0 Å². The smallest absolute Gasteiger partial charge is 0.278 e. The highest BCUT2D eigenvalue weighted by Gasteiger charge is 2.09. The van der Waals surface area contributed by atoms with Crippen molar-refractivity contribution in [3.05, 3.63) is 33.3 Å². The number of hydrogen-bond donors (Lipinski definition) is 0. The predicted molar refractivity (Wildman–Crippen MR) is 50.9 cm³/mol. The molecule has 0 aliphatic carbocycles. The molecule has 0 aliphatic rings. The first-order chi connectivity index (χ1) is 5.11. The van der Waals surface area contributed by atoms with E-state index < -0.39 is 0 Å². The summed E-state index contributed by atoms with van der Waals surface area (Å²) in [5.74, 6) is 0.238. The van der Waals surface area contributed by atoms with Crippen LogP contribution in [0.15, 0.2) is 22.7 Å². The van der Waals surface area contributed by atoms with Crippen LogP contribution in [0.4, 0.5) is 0 Å². The molecule has 0 saturated heterocycles. The van der Waals surface area contributed by atoms with Crippen molar-refractivity contribution in [2.75, 3.05) is 0 Å². The van der Waals surface area contributed by atoms with Crippen LogP contribution in [-0.4, -0.2) is 10.6 Å². The fourth-order valence-corrected chi connectivity index (χ4v) is 1.59. The molecule has 1 rings (SSSR count). The summed E-state index contributed by atoms with van der Waals surface area (Å²) >= 11 is 9.08. The molecule has 0 bridgehead atoms. The Hall–Kier alpha value is -0.340. The van der Waals surface area contributed by atoms with Crippen molar-refractivity contribution in [1.29, 1.82) is 0 Å². The van der Waals surface area contributed by atoms with E-state index in [1.54, 1.807) is 19.1 Å². The van der Waals surface area contributed by atoms with E-state index in [-0.39, 0.29) is 5.78 Å². The molecule has 11 heavy (non-hydrogen) atoms. The standard InChI is InChI=1S/C8H6BrClO/c1-5(11)7-3-2-6(9)4-8(7)10/h2-4H,1H3/p+1. The third kappa shape index (κ3) is 2.04. The second-order valence-electron chi connectivity index (χ2n) is 2.21. The molecule has 1 nitrogen and oxygen atoms in total. The Kier molecular flexibility index (Phi) is 2.68. The molecule has 0 fully saturated rings. The van der Waals surface area contributed by atoms with Crippen molar-refractivity contribution in [1.82, 2.24) is 0 Å². The second-order valence-corrected chi connectivity index (χ2v) is 3.53. The van der Waals surface area contributed by atoms with E-state index in [0.29, 0.717) is 10.6 Å². The van der Waals surface area contributed by atoms with Crippen LogP contribution in [0.2, 0.25) is 5.02 Å². The van der Waals surface area contributed by atoms with E-state index in [4.69, 9.17) is 16.4 Å².